The molecule has 0 bridgehead atoms. The summed E-state index contributed by atoms with van der Waals surface area (Å²) in [4.78, 5) is 10.9. The second-order valence-electron chi connectivity index (χ2n) is 3.82. The number of sulfonamides is 1. The van der Waals surface area contributed by atoms with Crippen molar-refractivity contribution in [1.29, 1.82) is 5.26 Å². The maximum Gasteiger partial charge on any atom is 0.291 e. The Bertz CT molecular complexity index is 822. The lowest BCUT2D eigenvalue weighted by Gasteiger charge is -2.06. The van der Waals surface area contributed by atoms with Crippen LogP contribution < -0.4 is 10.0 Å². The maximum absolute atomic E-state index is 12.1. The number of hydrogen-bond donors (Lipinski definition) is 2. The summed E-state index contributed by atoms with van der Waals surface area (Å²) in [6.45, 7) is 1.27. The molecule has 0 aliphatic carbocycles. The number of anilines is 2. The first-order chi connectivity index (χ1) is 9.92. The van der Waals surface area contributed by atoms with Gasteiger partial charge in [0, 0.05) is 6.92 Å². The first-order valence-electron chi connectivity index (χ1n) is 5.55. The van der Waals surface area contributed by atoms with Crippen molar-refractivity contribution in [1.82, 2.24) is 10.2 Å². The molecule has 0 unspecified atom stereocenters. The maximum atomic E-state index is 12.1. The molecule has 8 nitrogen and oxygen atoms in total. The normalized spacial score (nSPS) is 10.7. The number of nitrogens with one attached hydrogen (secondary N) is 2. The number of carbonyl (C=O) groups is 1. The predicted molar refractivity (Wildman–Crippen MR) is 76.2 cm³/mol. The minimum Gasteiger partial charge on any atom is -0.301 e. The smallest absolute Gasteiger partial charge is 0.291 e. The second-order valence-corrected chi connectivity index (χ2v) is 6.65. The lowest BCUT2D eigenvalue weighted by Crippen LogP contribution is -2.13. The molecule has 0 fully saturated rings. The van der Waals surface area contributed by atoms with E-state index in [1.165, 1.54) is 19.1 Å². The van der Waals surface area contributed by atoms with Crippen molar-refractivity contribution in [3.63, 3.8) is 0 Å². The van der Waals surface area contributed by atoms with Crippen LogP contribution in [0.5, 0.6) is 0 Å². The molecule has 1 amide bonds. The monoisotopic (exact) mass is 323 g/mol. The van der Waals surface area contributed by atoms with Crippen LogP contribution in [-0.4, -0.2) is 24.5 Å². The quantitative estimate of drug-likeness (QED) is 0.814. The number of benzene rings is 1. The average molecular weight is 323 g/mol. The standard InChI is InChI=1S/C11H9N5O3S2/c1-7(17)13-10-14-15-11(20-10)21(18,19)16-9-5-3-2-4-8(9)6-12/h2-5,16H,1H3,(H,13,14,17). The summed E-state index contributed by atoms with van der Waals surface area (Å²) in [6.07, 6.45) is 0. The molecule has 0 saturated carbocycles. The summed E-state index contributed by atoms with van der Waals surface area (Å²) < 4.78 is 26.2. The average Bonchev–Trinajstić information content (AvgIpc) is 2.87. The fourth-order valence-corrected chi connectivity index (χ4v) is 3.40. The number of amides is 1. The number of para-hydroxylation sites is 1. The number of aromatic nitrogens is 2. The van der Waals surface area contributed by atoms with E-state index in [1.807, 2.05) is 6.07 Å². The molecule has 2 rings (SSSR count). The summed E-state index contributed by atoms with van der Waals surface area (Å²) in [5.41, 5.74) is 0.337. The van der Waals surface area contributed by atoms with Crippen LogP contribution in [0.15, 0.2) is 28.6 Å². The molecule has 0 aliphatic rings. The van der Waals surface area contributed by atoms with Gasteiger partial charge < -0.3 is 5.32 Å². The van der Waals surface area contributed by atoms with Crippen molar-refractivity contribution < 1.29 is 13.2 Å². The predicted octanol–water partition coefficient (Wildman–Crippen LogP) is 1.17. The molecular formula is C11H9N5O3S2. The Hall–Kier alpha value is -2.51. The van der Waals surface area contributed by atoms with Crippen LogP contribution in [0.3, 0.4) is 0 Å². The third-order valence-electron chi connectivity index (χ3n) is 2.21. The van der Waals surface area contributed by atoms with E-state index < -0.39 is 10.0 Å². The van der Waals surface area contributed by atoms with E-state index in [2.05, 4.69) is 20.2 Å². The molecule has 108 valence electrons. The highest BCUT2D eigenvalue weighted by Crippen LogP contribution is 2.23. The molecule has 1 aromatic carbocycles. The fourth-order valence-electron chi connectivity index (χ4n) is 1.38. The Morgan fingerprint density at radius 2 is 2.05 bits per heavy atom. The van der Waals surface area contributed by atoms with Gasteiger partial charge in [0.15, 0.2) is 0 Å². The van der Waals surface area contributed by atoms with Gasteiger partial charge in [-0.25, -0.2) is 0 Å². The zero-order chi connectivity index (χ0) is 15.5. The summed E-state index contributed by atoms with van der Waals surface area (Å²) in [7, 11) is -3.97. The topological polar surface area (TPSA) is 125 Å². The highest BCUT2D eigenvalue weighted by Gasteiger charge is 2.21. The molecule has 0 saturated heterocycles. The van der Waals surface area contributed by atoms with Crippen molar-refractivity contribution >= 4 is 38.1 Å². The van der Waals surface area contributed by atoms with Crippen LogP contribution in [0.4, 0.5) is 10.8 Å². The van der Waals surface area contributed by atoms with Crippen LogP contribution in [-0.2, 0) is 14.8 Å². The molecule has 21 heavy (non-hydrogen) atoms. The first-order valence-corrected chi connectivity index (χ1v) is 7.85. The molecule has 10 heteroatoms. The van der Waals surface area contributed by atoms with E-state index in [-0.39, 0.29) is 26.6 Å². The Balaban J connectivity index is 2.28. The number of carbonyl (C=O) groups excluding carboxylic acids is 1. The van der Waals surface area contributed by atoms with Crippen LogP contribution >= 0.6 is 11.3 Å². The van der Waals surface area contributed by atoms with Gasteiger partial charge >= 0.3 is 0 Å². The molecule has 1 aromatic heterocycles. The Morgan fingerprint density at radius 1 is 1.33 bits per heavy atom. The van der Waals surface area contributed by atoms with Crippen LogP contribution in [0.25, 0.3) is 0 Å². The number of nitriles is 1. The van der Waals surface area contributed by atoms with Crippen molar-refractivity contribution in [3.05, 3.63) is 29.8 Å². The van der Waals surface area contributed by atoms with Gasteiger partial charge in [-0.15, -0.1) is 10.2 Å². The Labute approximate surface area is 124 Å². The molecule has 0 atom stereocenters. The summed E-state index contributed by atoms with van der Waals surface area (Å²) in [6, 6.07) is 8.06. The lowest BCUT2D eigenvalue weighted by atomic mass is 10.2. The van der Waals surface area contributed by atoms with Gasteiger partial charge in [0.05, 0.1) is 11.3 Å². The van der Waals surface area contributed by atoms with Gasteiger partial charge in [0.1, 0.15) is 6.07 Å². The van der Waals surface area contributed by atoms with Crippen molar-refractivity contribution in [3.8, 4) is 6.07 Å². The number of rotatable bonds is 4. The van der Waals surface area contributed by atoms with Gasteiger partial charge in [-0.1, -0.05) is 23.5 Å². The Morgan fingerprint density at radius 3 is 2.71 bits per heavy atom. The minimum atomic E-state index is -3.97. The van der Waals surface area contributed by atoms with Crippen LogP contribution in [0, 0.1) is 11.3 Å². The number of hydrogen-bond acceptors (Lipinski definition) is 7. The van der Waals surface area contributed by atoms with Crippen molar-refractivity contribution in [2.75, 3.05) is 10.0 Å². The van der Waals surface area contributed by atoms with E-state index in [0.717, 1.165) is 0 Å². The molecular weight excluding hydrogens is 314 g/mol. The van der Waals surface area contributed by atoms with Gasteiger partial charge in [-0.2, -0.15) is 13.7 Å². The van der Waals surface area contributed by atoms with E-state index in [1.54, 1.807) is 12.1 Å². The third kappa shape index (κ3) is 3.53. The summed E-state index contributed by atoms with van der Waals surface area (Å²) in [5, 5.41) is 18.4. The second kappa shape index (κ2) is 5.86. The minimum absolute atomic E-state index is 0.0800. The zero-order valence-electron chi connectivity index (χ0n) is 10.7. The van der Waals surface area contributed by atoms with Crippen LogP contribution in [0.2, 0.25) is 0 Å². The third-order valence-corrected chi connectivity index (χ3v) is 4.78. The van der Waals surface area contributed by atoms with Crippen molar-refractivity contribution in [2.45, 2.75) is 11.3 Å². The molecule has 0 spiro atoms. The molecule has 2 aromatic rings. The lowest BCUT2D eigenvalue weighted by molar-refractivity contribution is -0.114. The fraction of sp³-hybridized carbons (Fsp3) is 0.0909. The SMILES string of the molecule is CC(=O)Nc1nnc(S(=O)(=O)Nc2ccccc2C#N)s1. The van der Waals surface area contributed by atoms with E-state index in [0.29, 0.717) is 11.3 Å². The van der Waals surface area contributed by atoms with E-state index >= 15 is 0 Å². The molecule has 2 N–H and O–H groups in total. The van der Waals surface area contributed by atoms with Gasteiger partial charge in [0.25, 0.3) is 14.4 Å². The van der Waals surface area contributed by atoms with Gasteiger partial charge in [-0.3, -0.25) is 9.52 Å². The molecule has 1 heterocycles. The zero-order valence-corrected chi connectivity index (χ0v) is 12.3. The van der Waals surface area contributed by atoms with Gasteiger partial charge in [-0.05, 0) is 12.1 Å². The Kier molecular flexibility index (Phi) is 4.15. The molecule has 0 aliphatic heterocycles. The highest BCUT2D eigenvalue weighted by molar-refractivity contribution is 7.94. The largest absolute Gasteiger partial charge is 0.301 e. The molecule has 0 radical (unpaired) electrons. The van der Waals surface area contributed by atoms with E-state index in [9.17, 15) is 13.2 Å². The van der Waals surface area contributed by atoms with Crippen molar-refractivity contribution in [2.24, 2.45) is 0 Å². The van der Waals surface area contributed by atoms with Gasteiger partial charge in [0.2, 0.25) is 11.0 Å². The van der Waals surface area contributed by atoms with Crippen LogP contribution in [0.1, 0.15) is 12.5 Å². The highest BCUT2D eigenvalue weighted by atomic mass is 32.2. The van der Waals surface area contributed by atoms with E-state index in [4.69, 9.17) is 5.26 Å². The summed E-state index contributed by atoms with van der Waals surface area (Å²) >= 11 is 0.713. The first kappa shape index (κ1) is 14.9. The number of nitrogens with zero attached hydrogens (tertiary/aromatic N) is 3. The summed E-state index contributed by atoms with van der Waals surface area (Å²) in [5.74, 6) is -0.377.